The lowest BCUT2D eigenvalue weighted by Gasteiger charge is -2.30. The zero-order valence-electron chi connectivity index (χ0n) is 11.8. The Morgan fingerprint density at radius 3 is 2.79 bits per heavy atom. The Morgan fingerprint density at radius 1 is 1.53 bits per heavy atom. The molecule has 0 radical (unpaired) electrons. The van der Waals surface area contributed by atoms with Gasteiger partial charge in [0.25, 0.3) is 0 Å². The fourth-order valence-electron chi connectivity index (χ4n) is 3.26. The number of carbonyl (C=O) groups excluding carboxylic acids is 2. The SMILES string of the molecule is C=CCN1CC(C(=O)NC2(CC)CCCC2)CC1=O. The number of nitrogens with one attached hydrogen (secondary N) is 1. The van der Waals surface area contributed by atoms with E-state index in [0.29, 0.717) is 19.5 Å². The van der Waals surface area contributed by atoms with E-state index in [0.717, 1.165) is 19.3 Å². The van der Waals surface area contributed by atoms with E-state index in [1.165, 1.54) is 12.8 Å². The molecule has 0 aromatic carbocycles. The van der Waals surface area contributed by atoms with Crippen molar-refractivity contribution in [3.63, 3.8) is 0 Å². The highest BCUT2D eigenvalue weighted by Crippen LogP contribution is 2.33. The number of carbonyl (C=O) groups is 2. The predicted octanol–water partition coefficient (Wildman–Crippen LogP) is 1.86. The monoisotopic (exact) mass is 264 g/mol. The summed E-state index contributed by atoms with van der Waals surface area (Å²) in [6.45, 7) is 6.86. The number of amides is 2. The summed E-state index contributed by atoms with van der Waals surface area (Å²) in [5, 5.41) is 3.22. The van der Waals surface area contributed by atoms with E-state index >= 15 is 0 Å². The summed E-state index contributed by atoms with van der Waals surface area (Å²) in [7, 11) is 0. The van der Waals surface area contributed by atoms with Crippen molar-refractivity contribution in [2.24, 2.45) is 5.92 Å². The molecule has 0 aromatic heterocycles. The molecule has 4 heteroatoms. The Bertz CT molecular complexity index is 372. The van der Waals surface area contributed by atoms with Gasteiger partial charge in [-0.15, -0.1) is 6.58 Å². The molecule has 2 aliphatic rings. The van der Waals surface area contributed by atoms with Gasteiger partial charge in [0, 0.05) is 25.0 Å². The molecule has 2 rings (SSSR count). The van der Waals surface area contributed by atoms with Gasteiger partial charge in [0.15, 0.2) is 0 Å². The van der Waals surface area contributed by atoms with Crippen LogP contribution in [0.1, 0.15) is 45.4 Å². The minimum Gasteiger partial charge on any atom is -0.350 e. The third-order valence-electron chi connectivity index (χ3n) is 4.56. The van der Waals surface area contributed by atoms with Crippen molar-refractivity contribution in [3.05, 3.63) is 12.7 Å². The second-order valence-corrected chi connectivity index (χ2v) is 5.82. The molecule has 1 N–H and O–H groups in total. The van der Waals surface area contributed by atoms with Crippen molar-refractivity contribution < 1.29 is 9.59 Å². The molecule has 19 heavy (non-hydrogen) atoms. The molecule has 1 aliphatic carbocycles. The molecule has 0 bridgehead atoms. The van der Waals surface area contributed by atoms with Gasteiger partial charge in [0.2, 0.25) is 11.8 Å². The van der Waals surface area contributed by atoms with Crippen LogP contribution in [0.5, 0.6) is 0 Å². The van der Waals surface area contributed by atoms with E-state index in [1.807, 2.05) is 0 Å². The van der Waals surface area contributed by atoms with Gasteiger partial charge in [0.1, 0.15) is 0 Å². The normalized spacial score (nSPS) is 25.6. The lowest BCUT2D eigenvalue weighted by atomic mass is 9.93. The van der Waals surface area contributed by atoms with Gasteiger partial charge in [-0.05, 0) is 19.3 Å². The zero-order valence-corrected chi connectivity index (χ0v) is 11.8. The van der Waals surface area contributed by atoms with E-state index in [2.05, 4.69) is 18.8 Å². The molecule has 1 saturated heterocycles. The summed E-state index contributed by atoms with van der Waals surface area (Å²) in [4.78, 5) is 25.8. The van der Waals surface area contributed by atoms with Crippen molar-refractivity contribution in [3.8, 4) is 0 Å². The van der Waals surface area contributed by atoms with Crippen LogP contribution in [0.4, 0.5) is 0 Å². The summed E-state index contributed by atoms with van der Waals surface area (Å²) in [5.74, 6) is -0.0582. The molecule has 1 unspecified atom stereocenters. The molecule has 2 fully saturated rings. The van der Waals surface area contributed by atoms with Crippen LogP contribution in [0.3, 0.4) is 0 Å². The molecule has 1 saturated carbocycles. The Kier molecular flexibility index (Phi) is 4.27. The molecule has 4 nitrogen and oxygen atoms in total. The molecule has 2 amide bonds. The van der Waals surface area contributed by atoms with Gasteiger partial charge in [-0.1, -0.05) is 25.8 Å². The molecule has 1 heterocycles. The van der Waals surface area contributed by atoms with Gasteiger partial charge < -0.3 is 10.2 Å². The van der Waals surface area contributed by atoms with Crippen LogP contribution in [0, 0.1) is 5.92 Å². The fraction of sp³-hybridized carbons (Fsp3) is 0.733. The van der Waals surface area contributed by atoms with Crippen LogP contribution in [-0.2, 0) is 9.59 Å². The average Bonchev–Trinajstić information content (AvgIpc) is 2.99. The first kappa shape index (κ1) is 14.1. The van der Waals surface area contributed by atoms with Crippen LogP contribution in [0.25, 0.3) is 0 Å². The first-order chi connectivity index (χ1) is 9.10. The maximum atomic E-state index is 12.3. The maximum absolute atomic E-state index is 12.3. The van der Waals surface area contributed by atoms with Crippen LogP contribution in [-0.4, -0.2) is 35.3 Å². The standard InChI is InChI=1S/C15H24N2O2/c1-3-9-17-11-12(10-13(17)18)14(19)16-15(4-2)7-5-6-8-15/h3,12H,1,4-11H2,2H3,(H,16,19). The summed E-state index contributed by atoms with van der Waals surface area (Å²) in [6, 6.07) is 0. The fourth-order valence-corrected chi connectivity index (χ4v) is 3.26. The number of hydrogen-bond acceptors (Lipinski definition) is 2. The van der Waals surface area contributed by atoms with Crippen molar-refractivity contribution in [1.29, 1.82) is 0 Å². The van der Waals surface area contributed by atoms with Crippen molar-refractivity contribution in [2.45, 2.75) is 51.0 Å². The van der Waals surface area contributed by atoms with Crippen LogP contribution >= 0.6 is 0 Å². The summed E-state index contributed by atoms with van der Waals surface area (Å²) in [6.07, 6.45) is 7.58. The second-order valence-electron chi connectivity index (χ2n) is 5.82. The van der Waals surface area contributed by atoms with Gasteiger partial charge in [-0.2, -0.15) is 0 Å². The molecular formula is C15H24N2O2. The van der Waals surface area contributed by atoms with Crippen LogP contribution in [0.2, 0.25) is 0 Å². The van der Waals surface area contributed by atoms with Gasteiger partial charge in [-0.25, -0.2) is 0 Å². The van der Waals surface area contributed by atoms with Crippen molar-refractivity contribution in [1.82, 2.24) is 10.2 Å². The van der Waals surface area contributed by atoms with E-state index < -0.39 is 0 Å². The number of likely N-dealkylation sites (tertiary alicyclic amines) is 1. The second kappa shape index (κ2) is 5.76. The van der Waals surface area contributed by atoms with Gasteiger partial charge in [-0.3, -0.25) is 9.59 Å². The lowest BCUT2D eigenvalue weighted by Crippen LogP contribution is -2.48. The summed E-state index contributed by atoms with van der Waals surface area (Å²) < 4.78 is 0. The molecule has 0 aromatic rings. The van der Waals surface area contributed by atoms with Crippen LogP contribution in [0.15, 0.2) is 12.7 Å². The van der Waals surface area contributed by atoms with E-state index in [9.17, 15) is 9.59 Å². The Hall–Kier alpha value is -1.32. The number of rotatable bonds is 5. The van der Waals surface area contributed by atoms with Crippen molar-refractivity contribution >= 4 is 11.8 Å². The highest BCUT2D eigenvalue weighted by molar-refractivity contribution is 5.89. The predicted molar refractivity (Wildman–Crippen MR) is 74.5 cm³/mol. The molecule has 1 aliphatic heterocycles. The minimum absolute atomic E-state index is 0.00795. The molecule has 106 valence electrons. The maximum Gasteiger partial charge on any atom is 0.225 e. The highest BCUT2D eigenvalue weighted by atomic mass is 16.2. The minimum atomic E-state index is -0.184. The average molecular weight is 264 g/mol. The Balaban J connectivity index is 1.94. The van der Waals surface area contributed by atoms with E-state index in [-0.39, 0.29) is 23.3 Å². The smallest absolute Gasteiger partial charge is 0.225 e. The Labute approximate surface area is 115 Å². The summed E-state index contributed by atoms with van der Waals surface area (Å²) in [5.41, 5.74) is -0.00795. The number of hydrogen-bond donors (Lipinski definition) is 1. The largest absolute Gasteiger partial charge is 0.350 e. The number of nitrogens with zero attached hydrogens (tertiary/aromatic N) is 1. The molecule has 0 spiro atoms. The van der Waals surface area contributed by atoms with Gasteiger partial charge >= 0.3 is 0 Å². The first-order valence-corrected chi connectivity index (χ1v) is 7.31. The molecule has 1 atom stereocenters. The Morgan fingerprint density at radius 2 is 2.21 bits per heavy atom. The zero-order chi connectivity index (χ0) is 13.9. The van der Waals surface area contributed by atoms with Crippen LogP contribution < -0.4 is 5.32 Å². The highest BCUT2D eigenvalue weighted by Gasteiger charge is 2.39. The topological polar surface area (TPSA) is 49.4 Å². The van der Waals surface area contributed by atoms with Gasteiger partial charge in [0.05, 0.1) is 5.92 Å². The third-order valence-corrected chi connectivity index (χ3v) is 4.56. The summed E-state index contributed by atoms with van der Waals surface area (Å²) >= 11 is 0. The molecular weight excluding hydrogens is 240 g/mol. The van der Waals surface area contributed by atoms with E-state index in [4.69, 9.17) is 0 Å². The quantitative estimate of drug-likeness (QED) is 0.771. The third kappa shape index (κ3) is 2.99. The van der Waals surface area contributed by atoms with E-state index in [1.54, 1.807) is 11.0 Å². The lowest BCUT2D eigenvalue weighted by molar-refractivity contribution is -0.129. The van der Waals surface area contributed by atoms with Crippen molar-refractivity contribution in [2.75, 3.05) is 13.1 Å². The first-order valence-electron chi connectivity index (χ1n) is 7.31.